The topological polar surface area (TPSA) is 109 Å². The monoisotopic (exact) mass is 437 g/mol. The van der Waals surface area contributed by atoms with Crippen molar-refractivity contribution in [2.45, 2.75) is 18.6 Å². The molecule has 1 amide bonds. The smallest absolute Gasteiger partial charge is 0.251 e. The second-order valence-electron chi connectivity index (χ2n) is 6.92. The fourth-order valence-corrected chi connectivity index (χ4v) is 3.96. The van der Waals surface area contributed by atoms with E-state index in [1.54, 1.807) is 46.9 Å². The number of nitriles is 1. The summed E-state index contributed by atoms with van der Waals surface area (Å²) in [5.74, 6) is 1.53. The lowest BCUT2D eigenvalue weighted by atomic mass is 10.1. The van der Waals surface area contributed by atoms with Crippen LogP contribution in [0, 0.1) is 11.3 Å². The maximum Gasteiger partial charge on any atom is 0.251 e. The summed E-state index contributed by atoms with van der Waals surface area (Å²) >= 11 is 1.59. The number of aromatic nitrogens is 4. The average Bonchev–Trinajstić information content (AvgIpc) is 3.22. The molecule has 0 saturated carbocycles. The van der Waals surface area contributed by atoms with Gasteiger partial charge in [-0.3, -0.25) is 4.79 Å². The third kappa shape index (κ3) is 4.78. The van der Waals surface area contributed by atoms with Crippen LogP contribution in [0.5, 0.6) is 0 Å². The van der Waals surface area contributed by atoms with Gasteiger partial charge in [-0.05, 0) is 24.0 Å². The third-order valence-electron chi connectivity index (χ3n) is 4.90. The van der Waals surface area contributed by atoms with Gasteiger partial charge in [0.05, 0.1) is 43.0 Å². The van der Waals surface area contributed by atoms with Gasteiger partial charge in [-0.15, -0.1) is 0 Å². The standard InChI is InChI=1S/C21H23N7O2S/c1-2-31-21-25-18(27-8-10-30-11-9-27)17-14-24-28(19(17)26-21)7-6-23-20(29)16-5-3-4-15(12-16)13-22/h3-5,12,14H,2,6-11H2,1H3,(H,23,29). The molecule has 0 unspecified atom stereocenters. The molecule has 0 radical (unpaired) electrons. The van der Waals surface area contributed by atoms with Crippen molar-refractivity contribution < 1.29 is 9.53 Å². The number of anilines is 1. The normalized spacial score (nSPS) is 13.9. The van der Waals surface area contributed by atoms with Gasteiger partial charge in [0.1, 0.15) is 5.82 Å². The predicted octanol–water partition coefficient (Wildman–Crippen LogP) is 2.08. The number of carbonyl (C=O) groups excluding carboxylic acids is 1. The number of fused-ring (bicyclic) bond motifs is 1. The summed E-state index contributed by atoms with van der Waals surface area (Å²) in [5, 5.41) is 18.0. The van der Waals surface area contributed by atoms with Gasteiger partial charge in [0.25, 0.3) is 5.91 Å². The Morgan fingerprint density at radius 1 is 1.32 bits per heavy atom. The minimum Gasteiger partial charge on any atom is -0.378 e. The Bertz CT molecular complexity index is 1120. The van der Waals surface area contributed by atoms with Gasteiger partial charge < -0.3 is 15.0 Å². The van der Waals surface area contributed by atoms with Gasteiger partial charge >= 0.3 is 0 Å². The van der Waals surface area contributed by atoms with Crippen molar-refractivity contribution in [1.82, 2.24) is 25.1 Å². The van der Waals surface area contributed by atoms with Crippen LogP contribution in [0.4, 0.5) is 5.82 Å². The molecular weight excluding hydrogens is 414 g/mol. The number of hydrogen-bond acceptors (Lipinski definition) is 8. The molecule has 3 heterocycles. The van der Waals surface area contributed by atoms with E-state index in [9.17, 15) is 4.79 Å². The summed E-state index contributed by atoms with van der Waals surface area (Å²) in [6.07, 6.45) is 1.79. The highest BCUT2D eigenvalue weighted by Crippen LogP contribution is 2.27. The number of benzene rings is 1. The first-order valence-electron chi connectivity index (χ1n) is 10.2. The van der Waals surface area contributed by atoms with E-state index in [0.29, 0.717) is 37.4 Å². The van der Waals surface area contributed by atoms with Crippen molar-refractivity contribution in [3.63, 3.8) is 0 Å². The molecule has 1 saturated heterocycles. The maximum absolute atomic E-state index is 12.4. The molecule has 1 aliphatic heterocycles. The number of hydrogen-bond donors (Lipinski definition) is 1. The summed E-state index contributed by atoms with van der Waals surface area (Å²) < 4.78 is 7.27. The van der Waals surface area contributed by atoms with Crippen molar-refractivity contribution in [2.75, 3.05) is 43.5 Å². The Balaban J connectivity index is 1.51. The number of carbonyl (C=O) groups is 1. The van der Waals surface area contributed by atoms with Gasteiger partial charge in [-0.1, -0.05) is 24.8 Å². The molecule has 0 atom stereocenters. The molecule has 3 aromatic rings. The van der Waals surface area contributed by atoms with E-state index in [0.717, 1.165) is 40.9 Å². The quantitative estimate of drug-likeness (QED) is 0.442. The Kier molecular flexibility index (Phi) is 6.64. The largest absolute Gasteiger partial charge is 0.378 e. The van der Waals surface area contributed by atoms with Crippen molar-refractivity contribution in [3.05, 3.63) is 41.6 Å². The third-order valence-corrected chi connectivity index (χ3v) is 5.63. The number of nitrogens with one attached hydrogen (secondary N) is 1. The van der Waals surface area contributed by atoms with Gasteiger partial charge in [-0.25, -0.2) is 14.6 Å². The molecule has 1 N–H and O–H groups in total. The van der Waals surface area contributed by atoms with E-state index in [1.807, 2.05) is 6.07 Å². The zero-order chi connectivity index (χ0) is 21.6. The molecule has 2 aromatic heterocycles. The Morgan fingerprint density at radius 2 is 2.16 bits per heavy atom. The van der Waals surface area contributed by atoms with E-state index < -0.39 is 0 Å². The molecule has 0 bridgehead atoms. The van der Waals surface area contributed by atoms with Gasteiger partial charge in [-0.2, -0.15) is 10.4 Å². The zero-order valence-electron chi connectivity index (χ0n) is 17.2. The van der Waals surface area contributed by atoms with Crippen LogP contribution in [0.15, 0.2) is 35.6 Å². The van der Waals surface area contributed by atoms with Gasteiger partial charge in [0.15, 0.2) is 10.8 Å². The fraction of sp³-hybridized carbons (Fsp3) is 0.381. The van der Waals surface area contributed by atoms with Gasteiger partial charge in [0.2, 0.25) is 0 Å². The minimum absolute atomic E-state index is 0.223. The van der Waals surface area contributed by atoms with Crippen molar-refractivity contribution in [3.8, 4) is 6.07 Å². The lowest BCUT2D eigenvalue weighted by Crippen LogP contribution is -2.37. The number of ether oxygens (including phenoxy) is 1. The van der Waals surface area contributed by atoms with Crippen LogP contribution >= 0.6 is 11.8 Å². The zero-order valence-corrected chi connectivity index (χ0v) is 18.1. The van der Waals surface area contributed by atoms with E-state index in [-0.39, 0.29) is 5.91 Å². The number of rotatable bonds is 7. The Labute approximate surface area is 184 Å². The van der Waals surface area contributed by atoms with Crippen LogP contribution in [0.25, 0.3) is 11.0 Å². The summed E-state index contributed by atoms with van der Waals surface area (Å²) in [4.78, 5) is 24.1. The van der Waals surface area contributed by atoms with E-state index in [2.05, 4.69) is 22.2 Å². The molecular formula is C21H23N7O2S. The molecule has 1 aromatic carbocycles. The first kappa shape index (κ1) is 21.1. The summed E-state index contributed by atoms with van der Waals surface area (Å²) in [6, 6.07) is 8.69. The van der Waals surface area contributed by atoms with Crippen LogP contribution in [0.3, 0.4) is 0 Å². The van der Waals surface area contributed by atoms with E-state index >= 15 is 0 Å². The molecule has 1 aliphatic rings. The molecule has 9 nitrogen and oxygen atoms in total. The summed E-state index contributed by atoms with van der Waals surface area (Å²) in [6.45, 7) is 5.85. The van der Waals surface area contributed by atoms with E-state index in [4.69, 9.17) is 20.0 Å². The number of nitrogens with zero attached hydrogens (tertiary/aromatic N) is 6. The van der Waals surface area contributed by atoms with Crippen LogP contribution in [-0.2, 0) is 11.3 Å². The second kappa shape index (κ2) is 9.76. The van der Waals surface area contributed by atoms with Crippen LogP contribution in [-0.4, -0.2) is 64.3 Å². The Hall–Kier alpha value is -3.16. The summed E-state index contributed by atoms with van der Waals surface area (Å²) in [5.41, 5.74) is 1.68. The molecule has 31 heavy (non-hydrogen) atoms. The van der Waals surface area contributed by atoms with E-state index in [1.165, 1.54) is 0 Å². The lowest BCUT2D eigenvalue weighted by molar-refractivity contribution is 0.0952. The van der Waals surface area contributed by atoms with Gasteiger partial charge in [0, 0.05) is 25.2 Å². The highest BCUT2D eigenvalue weighted by atomic mass is 32.2. The first-order valence-corrected chi connectivity index (χ1v) is 11.2. The molecule has 10 heteroatoms. The average molecular weight is 438 g/mol. The molecule has 160 valence electrons. The fourth-order valence-electron chi connectivity index (χ4n) is 3.40. The molecule has 0 spiro atoms. The molecule has 4 rings (SSSR count). The van der Waals surface area contributed by atoms with Crippen molar-refractivity contribution >= 4 is 34.5 Å². The number of thioether (sulfide) groups is 1. The van der Waals surface area contributed by atoms with Crippen LogP contribution in [0.1, 0.15) is 22.8 Å². The lowest BCUT2D eigenvalue weighted by Gasteiger charge is -2.28. The molecule has 1 fully saturated rings. The first-order chi connectivity index (χ1) is 15.2. The highest BCUT2D eigenvalue weighted by molar-refractivity contribution is 7.99. The van der Waals surface area contributed by atoms with Crippen molar-refractivity contribution in [2.24, 2.45) is 0 Å². The van der Waals surface area contributed by atoms with Crippen LogP contribution in [0.2, 0.25) is 0 Å². The predicted molar refractivity (Wildman–Crippen MR) is 118 cm³/mol. The number of morpholine rings is 1. The number of amides is 1. The Morgan fingerprint density at radius 3 is 2.94 bits per heavy atom. The highest BCUT2D eigenvalue weighted by Gasteiger charge is 2.20. The summed E-state index contributed by atoms with van der Waals surface area (Å²) in [7, 11) is 0. The molecule has 0 aliphatic carbocycles. The SMILES string of the molecule is CCSc1nc(N2CCOCC2)c2cnn(CCNC(=O)c3cccc(C#N)c3)c2n1. The second-order valence-corrected chi connectivity index (χ2v) is 8.15. The minimum atomic E-state index is -0.223. The van der Waals surface area contributed by atoms with Crippen LogP contribution < -0.4 is 10.2 Å². The maximum atomic E-state index is 12.4. The van der Waals surface area contributed by atoms with Crippen molar-refractivity contribution in [1.29, 1.82) is 5.26 Å².